The SMILES string of the molecule is c1ccc(-n2c3ccccc3c3ccc(B4OB(c5ccc6c7ccccc7n(-c7ccccc7)c6c5)OB(c5ccc6c7ccccc7n(-c7ccccc7)c6c5)O4)cc32)cc1. The van der Waals surface area contributed by atoms with Gasteiger partial charge in [0.1, 0.15) is 0 Å². The number of aromatic nitrogens is 3. The van der Waals surface area contributed by atoms with E-state index in [4.69, 9.17) is 13.7 Å². The highest BCUT2D eigenvalue weighted by molar-refractivity contribution is 6.87. The Balaban J connectivity index is 0.989. The van der Waals surface area contributed by atoms with Crippen molar-refractivity contribution in [3.63, 3.8) is 0 Å². The Morgan fingerprint density at radius 2 is 0.492 bits per heavy atom. The zero-order chi connectivity index (χ0) is 41.4. The van der Waals surface area contributed by atoms with E-state index >= 15 is 0 Å². The lowest BCUT2D eigenvalue weighted by atomic mass is 9.61. The van der Waals surface area contributed by atoms with E-state index in [1.165, 1.54) is 16.2 Å². The molecule has 12 aromatic rings. The van der Waals surface area contributed by atoms with Gasteiger partial charge in [0.25, 0.3) is 0 Å². The van der Waals surface area contributed by atoms with Crippen LogP contribution >= 0.6 is 0 Å². The second kappa shape index (κ2) is 14.5. The molecule has 0 N–H and O–H groups in total. The molecule has 0 spiro atoms. The van der Waals surface area contributed by atoms with Gasteiger partial charge in [0, 0.05) is 49.4 Å². The van der Waals surface area contributed by atoms with Crippen LogP contribution in [0.15, 0.2) is 218 Å². The lowest BCUT2D eigenvalue weighted by Gasteiger charge is -2.31. The van der Waals surface area contributed by atoms with Crippen molar-refractivity contribution in [2.45, 2.75) is 0 Å². The molecule has 1 aliphatic rings. The van der Waals surface area contributed by atoms with E-state index < -0.39 is 21.4 Å². The third kappa shape index (κ3) is 5.82. The van der Waals surface area contributed by atoms with Gasteiger partial charge in [0.05, 0.1) is 33.1 Å². The molecule has 63 heavy (non-hydrogen) atoms. The molecule has 4 heterocycles. The quantitative estimate of drug-likeness (QED) is 0.157. The van der Waals surface area contributed by atoms with Crippen LogP contribution in [-0.2, 0) is 13.7 Å². The molecule has 0 aliphatic carbocycles. The van der Waals surface area contributed by atoms with E-state index in [9.17, 15) is 0 Å². The summed E-state index contributed by atoms with van der Waals surface area (Å²) in [6, 6.07) is 77.1. The normalized spacial score (nSPS) is 13.4. The smallest absolute Gasteiger partial charge is 0.445 e. The van der Waals surface area contributed by atoms with Gasteiger partial charge >= 0.3 is 21.4 Å². The maximum atomic E-state index is 7.01. The molecule has 6 nitrogen and oxygen atoms in total. The first kappa shape index (κ1) is 36.1. The molecular weight excluding hydrogens is 771 g/mol. The maximum Gasteiger partial charge on any atom is 0.467 e. The monoisotopic (exact) mass is 807 g/mol. The third-order valence-electron chi connectivity index (χ3n) is 12.7. The highest BCUT2D eigenvalue weighted by Crippen LogP contribution is 2.35. The zero-order valence-electron chi connectivity index (χ0n) is 34.1. The van der Waals surface area contributed by atoms with Crippen LogP contribution in [0.5, 0.6) is 0 Å². The topological polar surface area (TPSA) is 42.5 Å². The number of para-hydroxylation sites is 6. The molecule has 0 saturated carbocycles. The van der Waals surface area contributed by atoms with Crippen LogP contribution in [0.1, 0.15) is 0 Å². The van der Waals surface area contributed by atoms with Gasteiger partial charge in [0.2, 0.25) is 0 Å². The first-order valence-electron chi connectivity index (χ1n) is 21.5. The van der Waals surface area contributed by atoms with Crippen LogP contribution in [0.3, 0.4) is 0 Å². The summed E-state index contributed by atoms with van der Waals surface area (Å²) in [6.07, 6.45) is 0. The summed E-state index contributed by atoms with van der Waals surface area (Å²) in [7, 11) is -2.27. The van der Waals surface area contributed by atoms with Crippen LogP contribution < -0.4 is 16.4 Å². The summed E-state index contributed by atoms with van der Waals surface area (Å²) >= 11 is 0. The molecule has 0 unspecified atom stereocenters. The van der Waals surface area contributed by atoms with Crippen LogP contribution in [-0.4, -0.2) is 35.1 Å². The Kier molecular flexibility index (Phi) is 8.34. The second-order valence-corrected chi connectivity index (χ2v) is 16.3. The van der Waals surface area contributed by atoms with Crippen molar-refractivity contribution in [1.82, 2.24) is 13.7 Å². The number of fused-ring (bicyclic) bond motifs is 9. The number of nitrogens with zero attached hydrogens (tertiary/aromatic N) is 3. The molecule has 1 saturated heterocycles. The molecular formula is C54H36B3N3O3. The molecule has 0 radical (unpaired) electrons. The molecule has 294 valence electrons. The highest BCUT2D eigenvalue weighted by Gasteiger charge is 2.44. The third-order valence-corrected chi connectivity index (χ3v) is 12.7. The van der Waals surface area contributed by atoms with Crippen molar-refractivity contribution in [3.8, 4) is 17.1 Å². The van der Waals surface area contributed by atoms with Crippen molar-refractivity contribution in [2.75, 3.05) is 0 Å². The fourth-order valence-corrected chi connectivity index (χ4v) is 9.87. The van der Waals surface area contributed by atoms with E-state index in [0.29, 0.717) is 0 Å². The van der Waals surface area contributed by atoms with Crippen molar-refractivity contribution in [2.24, 2.45) is 0 Å². The average molecular weight is 807 g/mol. The summed E-state index contributed by atoms with van der Waals surface area (Å²) in [6.45, 7) is 0. The second-order valence-electron chi connectivity index (χ2n) is 16.3. The van der Waals surface area contributed by atoms with Crippen LogP contribution in [0, 0.1) is 0 Å². The molecule has 3 aromatic heterocycles. The van der Waals surface area contributed by atoms with Crippen molar-refractivity contribution in [3.05, 3.63) is 218 Å². The van der Waals surface area contributed by atoms with Crippen molar-refractivity contribution >= 4 is 103 Å². The minimum Gasteiger partial charge on any atom is -0.445 e. The van der Waals surface area contributed by atoms with E-state index in [2.05, 4.69) is 232 Å². The van der Waals surface area contributed by atoms with Crippen LogP contribution in [0.25, 0.3) is 82.5 Å². The van der Waals surface area contributed by atoms with Gasteiger partial charge in [-0.05, 0) is 89.2 Å². The van der Waals surface area contributed by atoms with Crippen molar-refractivity contribution < 1.29 is 13.7 Å². The number of rotatable bonds is 6. The van der Waals surface area contributed by atoms with E-state index in [-0.39, 0.29) is 0 Å². The largest absolute Gasteiger partial charge is 0.467 e. The number of hydrogen-bond acceptors (Lipinski definition) is 3. The lowest BCUT2D eigenvalue weighted by Crippen LogP contribution is -2.61. The molecule has 9 aromatic carbocycles. The maximum absolute atomic E-state index is 7.01. The molecule has 1 fully saturated rings. The van der Waals surface area contributed by atoms with Crippen LogP contribution in [0.2, 0.25) is 0 Å². The first-order chi connectivity index (χ1) is 31.2. The Morgan fingerprint density at radius 3 is 0.794 bits per heavy atom. The van der Waals surface area contributed by atoms with Gasteiger partial charge < -0.3 is 27.4 Å². The summed E-state index contributed by atoms with van der Waals surface area (Å²) < 4.78 is 28.0. The Morgan fingerprint density at radius 1 is 0.238 bits per heavy atom. The van der Waals surface area contributed by atoms with Gasteiger partial charge in [-0.2, -0.15) is 0 Å². The zero-order valence-corrected chi connectivity index (χ0v) is 34.1. The van der Waals surface area contributed by atoms with Crippen LogP contribution in [0.4, 0.5) is 0 Å². The molecule has 9 heteroatoms. The fraction of sp³-hybridized carbons (Fsp3) is 0. The summed E-state index contributed by atoms with van der Waals surface area (Å²) in [5.41, 5.74) is 12.6. The number of hydrogen-bond donors (Lipinski definition) is 0. The predicted octanol–water partition coefficient (Wildman–Crippen LogP) is 10.5. The first-order valence-corrected chi connectivity index (χ1v) is 21.5. The number of benzene rings is 9. The molecule has 0 atom stereocenters. The van der Waals surface area contributed by atoms with E-state index in [1.54, 1.807) is 0 Å². The van der Waals surface area contributed by atoms with Gasteiger partial charge in [-0.3, -0.25) is 0 Å². The van der Waals surface area contributed by atoms with Gasteiger partial charge in [-0.15, -0.1) is 0 Å². The average Bonchev–Trinajstić information content (AvgIpc) is 3.99. The predicted molar refractivity (Wildman–Crippen MR) is 262 cm³/mol. The van der Waals surface area contributed by atoms with Gasteiger partial charge in [-0.1, -0.05) is 146 Å². The summed E-state index contributed by atoms with van der Waals surface area (Å²) in [5.74, 6) is 0. The molecule has 0 bridgehead atoms. The lowest BCUT2D eigenvalue weighted by molar-refractivity contribution is 0.308. The molecule has 1 aliphatic heterocycles. The molecule has 0 amide bonds. The molecule has 13 rings (SSSR count). The van der Waals surface area contributed by atoms with Gasteiger partial charge in [0.15, 0.2) is 0 Å². The minimum absolute atomic E-state index is 0.758. The highest BCUT2D eigenvalue weighted by atomic mass is 16.7. The van der Waals surface area contributed by atoms with Gasteiger partial charge in [-0.25, -0.2) is 0 Å². The van der Waals surface area contributed by atoms with Crippen molar-refractivity contribution in [1.29, 1.82) is 0 Å². The Bertz CT molecular complexity index is 3310. The summed E-state index contributed by atoms with van der Waals surface area (Å²) in [5, 5.41) is 7.07. The minimum atomic E-state index is -0.758. The Labute approximate surface area is 364 Å². The van der Waals surface area contributed by atoms with E-state index in [1.807, 2.05) is 0 Å². The Hall–Kier alpha value is -7.55. The standard InChI is InChI=1S/C54H36B3N3O3/c1-4-16-40(17-5-1)58-49-25-13-10-22-43(49)46-31-28-37(34-52(46)58)55-61-56(38-29-32-47-44-23-11-14-26-50(44)59(53(47)35-38)41-18-6-2-7-19-41)63-57(62-55)39-30-33-48-45-24-12-15-27-51(45)60(54(48)36-39)42-20-8-3-9-21-42/h1-36H. The van der Waals surface area contributed by atoms with E-state index in [0.717, 1.165) is 82.7 Å². The fourth-order valence-electron chi connectivity index (χ4n) is 9.87. The summed E-state index contributed by atoms with van der Waals surface area (Å²) in [4.78, 5) is 0.